The number of aliphatic hydroxyl groups is 1. The first-order valence-electron chi connectivity index (χ1n) is 9.89. The number of hydrogen-bond acceptors (Lipinski definition) is 4. The maximum atomic E-state index is 13.2. The number of nitrogens with zero attached hydrogens (tertiary/aromatic N) is 1. The first-order valence-corrected chi connectivity index (χ1v) is 9.89. The Labute approximate surface area is 179 Å². The molecule has 2 N–H and O–H groups in total. The minimum atomic E-state index is -0.156. The molecule has 1 atom stereocenters. The topological polar surface area (TPSA) is 61.8 Å². The van der Waals surface area contributed by atoms with Crippen LogP contribution in [-0.4, -0.2) is 43.2 Å². The minimum Gasteiger partial charge on any atom is -0.497 e. The Hall–Kier alpha value is -2.08. The molecule has 2 aromatic rings. The second kappa shape index (κ2) is 11.2. The van der Waals surface area contributed by atoms with Gasteiger partial charge < -0.3 is 20.1 Å². The van der Waals surface area contributed by atoms with Crippen molar-refractivity contribution >= 4 is 18.3 Å². The van der Waals surface area contributed by atoms with Crippen molar-refractivity contribution in [2.45, 2.75) is 31.9 Å². The Morgan fingerprint density at radius 2 is 1.69 bits per heavy atom. The highest BCUT2D eigenvalue weighted by Gasteiger charge is 2.32. The van der Waals surface area contributed by atoms with Crippen LogP contribution < -0.4 is 10.1 Å². The van der Waals surface area contributed by atoms with Crippen molar-refractivity contribution in [1.82, 2.24) is 10.2 Å². The van der Waals surface area contributed by atoms with Crippen LogP contribution in [0.25, 0.3) is 0 Å². The Kier molecular flexibility index (Phi) is 8.96. The van der Waals surface area contributed by atoms with Gasteiger partial charge in [-0.25, -0.2) is 0 Å². The summed E-state index contributed by atoms with van der Waals surface area (Å²) >= 11 is 0. The molecule has 3 rings (SSSR count). The van der Waals surface area contributed by atoms with Crippen LogP contribution in [0.15, 0.2) is 48.5 Å². The Balaban J connectivity index is 0.00000300. The predicted octanol–water partition coefficient (Wildman–Crippen LogP) is 3.35. The normalized spacial score (nSPS) is 16.0. The standard InChI is InChI=1S/C23H30N2O3.ClH/c1-25-13-11-20(12-14-25)22(19-7-9-21(28-2)10-8-19)23(27)24-15-17-3-5-18(16-26)6-4-17;/h3-10,20,22,26H,11-16H2,1-2H3,(H,24,27);1H. The number of nitrogens with one attached hydrogen (secondary N) is 1. The maximum absolute atomic E-state index is 13.2. The van der Waals surface area contributed by atoms with Crippen LogP contribution in [-0.2, 0) is 17.9 Å². The van der Waals surface area contributed by atoms with E-state index in [-0.39, 0.29) is 30.8 Å². The number of piperidine rings is 1. The first-order chi connectivity index (χ1) is 13.6. The fourth-order valence-corrected chi connectivity index (χ4v) is 3.87. The number of methoxy groups -OCH3 is 1. The molecule has 0 saturated carbocycles. The van der Waals surface area contributed by atoms with Gasteiger partial charge in [-0.1, -0.05) is 36.4 Å². The zero-order valence-corrected chi connectivity index (χ0v) is 18.0. The summed E-state index contributed by atoms with van der Waals surface area (Å²) in [5.41, 5.74) is 2.95. The van der Waals surface area contributed by atoms with Crippen LogP contribution in [0.3, 0.4) is 0 Å². The van der Waals surface area contributed by atoms with E-state index in [1.807, 2.05) is 48.5 Å². The van der Waals surface area contributed by atoms with Crippen molar-refractivity contribution in [1.29, 1.82) is 0 Å². The third-order valence-electron chi connectivity index (χ3n) is 5.66. The summed E-state index contributed by atoms with van der Waals surface area (Å²) in [4.78, 5) is 15.5. The van der Waals surface area contributed by atoms with Gasteiger partial charge in [0.15, 0.2) is 0 Å². The Morgan fingerprint density at radius 3 is 2.24 bits per heavy atom. The molecule has 158 valence electrons. The third-order valence-corrected chi connectivity index (χ3v) is 5.66. The molecule has 5 nitrogen and oxygen atoms in total. The third kappa shape index (κ3) is 6.20. The molecule has 1 unspecified atom stereocenters. The Morgan fingerprint density at radius 1 is 1.10 bits per heavy atom. The van der Waals surface area contributed by atoms with Gasteiger partial charge in [0.2, 0.25) is 5.91 Å². The van der Waals surface area contributed by atoms with Gasteiger partial charge in [0.1, 0.15) is 5.75 Å². The molecule has 6 heteroatoms. The molecule has 1 amide bonds. The Bertz CT molecular complexity index is 757. The van der Waals surface area contributed by atoms with Crippen molar-refractivity contribution < 1.29 is 14.6 Å². The quantitative estimate of drug-likeness (QED) is 0.723. The van der Waals surface area contributed by atoms with E-state index < -0.39 is 0 Å². The smallest absolute Gasteiger partial charge is 0.228 e. The summed E-state index contributed by atoms with van der Waals surface area (Å²) in [6.07, 6.45) is 2.04. The van der Waals surface area contributed by atoms with Crippen LogP contribution in [0.2, 0.25) is 0 Å². The summed E-state index contributed by atoms with van der Waals surface area (Å²) in [6, 6.07) is 15.6. The molecule has 0 bridgehead atoms. The molecule has 0 aliphatic carbocycles. The largest absolute Gasteiger partial charge is 0.497 e. The number of amides is 1. The van der Waals surface area contributed by atoms with Crippen molar-refractivity contribution in [3.63, 3.8) is 0 Å². The van der Waals surface area contributed by atoms with E-state index in [2.05, 4.69) is 17.3 Å². The molecule has 29 heavy (non-hydrogen) atoms. The molecule has 0 spiro atoms. The highest BCUT2D eigenvalue weighted by molar-refractivity contribution is 5.85. The molecule has 1 aliphatic heterocycles. The molecule has 1 fully saturated rings. The van der Waals surface area contributed by atoms with Crippen molar-refractivity contribution in [2.24, 2.45) is 5.92 Å². The van der Waals surface area contributed by atoms with Gasteiger partial charge in [-0.15, -0.1) is 12.4 Å². The zero-order chi connectivity index (χ0) is 19.9. The second-order valence-corrected chi connectivity index (χ2v) is 7.58. The monoisotopic (exact) mass is 418 g/mol. The van der Waals surface area contributed by atoms with Gasteiger partial charge in [-0.3, -0.25) is 4.79 Å². The lowest BCUT2D eigenvalue weighted by Crippen LogP contribution is -2.38. The summed E-state index contributed by atoms with van der Waals surface area (Å²) in [5, 5.41) is 12.3. The van der Waals surface area contributed by atoms with Crippen LogP contribution >= 0.6 is 12.4 Å². The fourth-order valence-electron chi connectivity index (χ4n) is 3.87. The molecule has 0 radical (unpaired) electrons. The number of hydrogen-bond donors (Lipinski definition) is 2. The number of ether oxygens (including phenoxy) is 1. The molecular weight excluding hydrogens is 388 g/mol. The lowest BCUT2D eigenvalue weighted by Gasteiger charge is -2.34. The summed E-state index contributed by atoms with van der Waals surface area (Å²) in [5.74, 6) is 1.05. The SMILES string of the molecule is COc1ccc(C(C(=O)NCc2ccc(CO)cc2)C2CCN(C)CC2)cc1.Cl. The average Bonchev–Trinajstić information content (AvgIpc) is 2.74. The van der Waals surface area contributed by atoms with E-state index in [4.69, 9.17) is 9.84 Å². The lowest BCUT2D eigenvalue weighted by atomic mass is 9.79. The zero-order valence-electron chi connectivity index (χ0n) is 17.1. The van der Waals surface area contributed by atoms with Gasteiger partial charge >= 0.3 is 0 Å². The van der Waals surface area contributed by atoms with Gasteiger partial charge in [0.05, 0.1) is 19.6 Å². The number of carbonyl (C=O) groups excluding carboxylic acids is 1. The molecule has 1 saturated heterocycles. The number of rotatable bonds is 7. The minimum absolute atomic E-state index is 0. The fraction of sp³-hybridized carbons (Fsp3) is 0.435. The van der Waals surface area contributed by atoms with Crippen molar-refractivity contribution in [3.8, 4) is 5.75 Å². The average molecular weight is 419 g/mol. The summed E-state index contributed by atoms with van der Waals surface area (Å²) in [6.45, 7) is 2.56. The van der Waals surface area contributed by atoms with E-state index in [1.54, 1.807) is 7.11 Å². The van der Waals surface area contributed by atoms with Crippen molar-refractivity contribution in [2.75, 3.05) is 27.2 Å². The molecular formula is C23H31ClN2O3. The number of aliphatic hydroxyl groups excluding tert-OH is 1. The number of halogens is 1. The van der Waals surface area contributed by atoms with E-state index in [0.717, 1.165) is 48.4 Å². The van der Waals surface area contributed by atoms with Crippen LogP contribution in [0.5, 0.6) is 5.75 Å². The molecule has 0 aromatic heterocycles. The molecule has 1 aliphatic rings. The highest BCUT2D eigenvalue weighted by Crippen LogP contribution is 2.33. The van der Waals surface area contributed by atoms with Crippen LogP contribution in [0, 0.1) is 5.92 Å². The van der Waals surface area contributed by atoms with Crippen molar-refractivity contribution in [3.05, 3.63) is 65.2 Å². The molecule has 1 heterocycles. The van der Waals surface area contributed by atoms with Gasteiger partial charge in [-0.2, -0.15) is 0 Å². The van der Waals surface area contributed by atoms with Gasteiger partial charge in [-0.05, 0) is 67.7 Å². The van der Waals surface area contributed by atoms with E-state index >= 15 is 0 Å². The lowest BCUT2D eigenvalue weighted by molar-refractivity contribution is -0.124. The van der Waals surface area contributed by atoms with Gasteiger partial charge in [0, 0.05) is 6.54 Å². The van der Waals surface area contributed by atoms with E-state index in [1.165, 1.54) is 0 Å². The van der Waals surface area contributed by atoms with E-state index in [0.29, 0.717) is 12.5 Å². The number of carbonyl (C=O) groups is 1. The first kappa shape index (κ1) is 23.2. The maximum Gasteiger partial charge on any atom is 0.228 e. The highest BCUT2D eigenvalue weighted by atomic mass is 35.5. The number of benzene rings is 2. The summed E-state index contributed by atoms with van der Waals surface area (Å²) < 4.78 is 5.27. The number of likely N-dealkylation sites (tertiary alicyclic amines) is 1. The van der Waals surface area contributed by atoms with Gasteiger partial charge in [0.25, 0.3) is 0 Å². The molecule has 2 aromatic carbocycles. The second-order valence-electron chi connectivity index (χ2n) is 7.58. The summed E-state index contributed by atoms with van der Waals surface area (Å²) in [7, 11) is 3.78. The van der Waals surface area contributed by atoms with Crippen LogP contribution in [0.4, 0.5) is 0 Å². The van der Waals surface area contributed by atoms with E-state index in [9.17, 15) is 4.79 Å². The van der Waals surface area contributed by atoms with Crippen LogP contribution in [0.1, 0.15) is 35.4 Å². The predicted molar refractivity (Wildman–Crippen MR) is 117 cm³/mol.